The summed E-state index contributed by atoms with van der Waals surface area (Å²) < 4.78 is 10.7. The van der Waals surface area contributed by atoms with Crippen LogP contribution in [-0.4, -0.2) is 23.7 Å². The molecule has 4 nitrogen and oxygen atoms in total. The van der Waals surface area contributed by atoms with Gasteiger partial charge in [-0.05, 0) is 25.1 Å². The average molecular weight is 218 g/mol. The molecule has 0 aliphatic heterocycles. The van der Waals surface area contributed by atoms with E-state index in [-0.39, 0.29) is 0 Å². The maximum Gasteiger partial charge on any atom is 0.161 e. The molecule has 1 N–H and O–H groups in total. The fourth-order valence-electron chi connectivity index (χ4n) is 1.52. The molecule has 0 fully saturated rings. The first-order chi connectivity index (χ1) is 7.85. The Balaban J connectivity index is 2.39. The highest BCUT2D eigenvalue weighted by Crippen LogP contribution is 2.31. The van der Waals surface area contributed by atoms with E-state index in [2.05, 4.69) is 9.97 Å². The van der Waals surface area contributed by atoms with Crippen molar-refractivity contribution in [3.8, 4) is 22.9 Å². The summed E-state index contributed by atoms with van der Waals surface area (Å²) in [5.41, 5.74) is 0.981. The molecule has 0 atom stereocenters. The van der Waals surface area contributed by atoms with Gasteiger partial charge in [0.05, 0.1) is 13.7 Å². The third-order valence-electron chi connectivity index (χ3n) is 2.24. The van der Waals surface area contributed by atoms with E-state index in [0.717, 1.165) is 22.9 Å². The number of aromatic amines is 1. The minimum Gasteiger partial charge on any atom is -0.493 e. The number of methoxy groups -OCH3 is 1. The van der Waals surface area contributed by atoms with Crippen molar-refractivity contribution in [2.75, 3.05) is 13.7 Å². The van der Waals surface area contributed by atoms with Gasteiger partial charge in [-0.1, -0.05) is 0 Å². The Hall–Kier alpha value is -1.97. The summed E-state index contributed by atoms with van der Waals surface area (Å²) in [7, 11) is 1.63. The molecular weight excluding hydrogens is 204 g/mol. The van der Waals surface area contributed by atoms with Crippen LogP contribution in [0.1, 0.15) is 6.92 Å². The third kappa shape index (κ3) is 2.00. The minimum atomic E-state index is 0.609. The Labute approximate surface area is 94.2 Å². The van der Waals surface area contributed by atoms with Gasteiger partial charge >= 0.3 is 0 Å². The van der Waals surface area contributed by atoms with Crippen molar-refractivity contribution in [3.63, 3.8) is 0 Å². The van der Waals surface area contributed by atoms with Crippen molar-refractivity contribution in [3.05, 3.63) is 30.6 Å². The number of nitrogens with one attached hydrogen (secondary N) is 1. The molecule has 4 heteroatoms. The first-order valence-electron chi connectivity index (χ1n) is 5.15. The Bertz CT molecular complexity index is 452. The second-order valence-electron chi connectivity index (χ2n) is 3.24. The Morgan fingerprint density at radius 3 is 2.81 bits per heavy atom. The van der Waals surface area contributed by atoms with Crippen molar-refractivity contribution >= 4 is 0 Å². The predicted octanol–water partition coefficient (Wildman–Crippen LogP) is 2.48. The van der Waals surface area contributed by atoms with Crippen molar-refractivity contribution in [1.29, 1.82) is 0 Å². The summed E-state index contributed by atoms with van der Waals surface area (Å²) in [5.74, 6) is 2.29. The van der Waals surface area contributed by atoms with Gasteiger partial charge in [-0.15, -0.1) is 0 Å². The molecule has 84 valence electrons. The molecule has 1 heterocycles. The lowest BCUT2D eigenvalue weighted by atomic mass is 10.2. The van der Waals surface area contributed by atoms with E-state index in [4.69, 9.17) is 9.47 Å². The van der Waals surface area contributed by atoms with Gasteiger partial charge in [0.2, 0.25) is 0 Å². The summed E-state index contributed by atoms with van der Waals surface area (Å²) in [6.45, 7) is 2.55. The molecule has 0 saturated carbocycles. The molecule has 1 aromatic heterocycles. The summed E-state index contributed by atoms with van der Waals surface area (Å²) in [4.78, 5) is 7.24. The molecule has 1 aromatic carbocycles. The van der Waals surface area contributed by atoms with Crippen molar-refractivity contribution in [2.45, 2.75) is 6.92 Å². The smallest absolute Gasteiger partial charge is 0.161 e. The molecule has 0 unspecified atom stereocenters. The molecule has 0 radical (unpaired) electrons. The predicted molar refractivity (Wildman–Crippen MR) is 61.7 cm³/mol. The summed E-state index contributed by atoms with van der Waals surface area (Å²) in [5, 5.41) is 0. The zero-order chi connectivity index (χ0) is 11.4. The molecule has 0 spiro atoms. The van der Waals surface area contributed by atoms with E-state index in [1.54, 1.807) is 19.5 Å². The quantitative estimate of drug-likeness (QED) is 0.857. The van der Waals surface area contributed by atoms with E-state index in [1.807, 2.05) is 25.1 Å². The topological polar surface area (TPSA) is 47.1 Å². The van der Waals surface area contributed by atoms with Crippen LogP contribution in [0.3, 0.4) is 0 Å². The number of imidazole rings is 1. The maximum absolute atomic E-state index is 5.50. The number of nitrogens with zero attached hydrogens (tertiary/aromatic N) is 1. The minimum absolute atomic E-state index is 0.609. The average Bonchev–Trinajstić information content (AvgIpc) is 2.83. The van der Waals surface area contributed by atoms with Gasteiger partial charge in [-0.25, -0.2) is 4.98 Å². The largest absolute Gasteiger partial charge is 0.493 e. The van der Waals surface area contributed by atoms with E-state index in [0.29, 0.717) is 6.61 Å². The van der Waals surface area contributed by atoms with Crippen LogP contribution in [0.25, 0.3) is 11.4 Å². The highest BCUT2D eigenvalue weighted by molar-refractivity contribution is 5.60. The van der Waals surface area contributed by atoms with Crippen molar-refractivity contribution in [1.82, 2.24) is 9.97 Å². The monoisotopic (exact) mass is 218 g/mol. The second kappa shape index (κ2) is 4.70. The highest BCUT2D eigenvalue weighted by atomic mass is 16.5. The fourth-order valence-corrected chi connectivity index (χ4v) is 1.52. The van der Waals surface area contributed by atoms with Crippen LogP contribution in [0.5, 0.6) is 11.5 Å². The molecule has 2 aromatic rings. The van der Waals surface area contributed by atoms with E-state index >= 15 is 0 Å². The van der Waals surface area contributed by atoms with Gasteiger partial charge in [-0.2, -0.15) is 0 Å². The number of aromatic nitrogens is 2. The van der Waals surface area contributed by atoms with Crippen LogP contribution in [0.2, 0.25) is 0 Å². The van der Waals surface area contributed by atoms with Crippen LogP contribution in [-0.2, 0) is 0 Å². The Morgan fingerprint density at radius 2 is 2.19 bits per heavy atom. The lowest BCUT2D eigenvalue weighted by molar-refractivity contribution is 0.311. The van der Waals surface area contributed by atoms with Crippen LogP contribution in [0.4, 0.5) is 0 Å². The van der Waals surface area contributed by atoms with Crippen LogP contribution in [0, 0.1) is 0 Å². The Kier molecular flexibility index (Phi) is 3.10. The fraction of sp³-hybridized carbons (Fsp3) is 0.250. The normalized spacial score (nSPS) is 10.1. The molecule has 2 rings (SSSR count). The van der Waals surface area contributed by atoms with Gasteiger partial charge < -0.3 is 14.5 Å². The van der Waals surface area contributed by atoms with E-state index in [1.165, 1.54) is 0 Å². The van der Waals surface area contributed by atoms with Crippen LogP contribution < -0.4 is 9.47 Å². The first kappa shape index (κ1) is 10.5. The second-order valence-corrected chi connectivity index (χ2v) is 3.24. The van der Waals surface area contributed by atoms with Gasteiger partial charge in [0.25, 0.3) is 0 Å². The Morgan fingerprint density at radius 1 is 1.31 bits per heavy atom. The summed E-state index contributed by atoms with van der Waals surface area (Å²) >= 11 is 0. The summed E-state index contributed by atoms with van der Waals surface area (Å²) in [6, 6.07) is 5.74. The molecule has 16 heavy (non-hydrogen) atoms. The standard InChI is InChI=1S/C12H14N2O2/c1-3-16-11-8-9(4-5-10(11)15-2)12-13-6-7-14-12/h4-8H,3H2,1-2H3,(H,13,14). The third-order valence-corrected chi connectivity index (χ3v) is 2.24. The summed E-state index contributed by atoms with van der Waals surface area (Å²) in [6.07, 6.45) is 3.51. The number of hydrogen-bond donors (Lipinski definition) is 1. The van der Waals surface area contributed by atoms with Crippen molar-refractivity contribution < 1.29 is 9.47 Å². The first-order valence-corrected chi connectivity index (χ1v) is 5.15. The molecule has 0 saturated heterocycles. The number of hydrogen-bond acceptors (Lipinski definition) is 3. The molecule has 0 bridgehead atoms. The zero-order valence-electron chi connectivity index (χ0n) is 9.36. The molecule has 0 aliphatic rings. The van der Waals surface area contributed by atoms with Gasteiger partial charge in [0.1, 0.15) is 5.82 Å². The maximum atomic E-state index is 5.50. The van der Waals surface area contributed by atoms with Gasteiger partial charge in [0, 0.05) is 18.0 Å². The van der Waals surface area contributed by atoms with Gasteiger partial charge in [-0.3, -0.25) is 0 Å². The number of benzene rings is 1. The van der Waals surface area contributed by atoms with Crippen LogP contribution >= 0.6 is 0 Å². The molecule has 0 amide bonds. The lowest BCUT2D eigenvalue weighted by Crippen LogP contribution is -1.95. The number of H-pyrrole nitrogens is 1. The van der Waals surface area contributed by atoms with E-state index < -0.39 is 0 Å². The van der Waals surface area contributed by atoms with Gasteiger partial charge in [0.15, 0.2) is 11.5 Å². The number of rotatable bonds is 4. The zero-order valence-corrected chi connectivity index (χ0v) is 9.36. The van der Waals surface area contributed by atoms with E-state index in [9.17, 15) is 0 Å². The van der Waals surface area contributed by atoms with Crippen molar-refractivity contribution in [2.24, 2.45) is 0 Å². The van der Waals surface area contributed by atoms with Crippen LogP contribution in [0.15, 0.2) is 30.6 Å². The number of ether oxygens (including phenoxy) is 2. The lowest BCUT2D eigenvalue weighted by Gasteiger charge is -2.10. The SMILES string of the molecule is CCOc1cc(-c2ncc[nH]2)ccc1OC. The molecular formula is C12H14N2O2. The molecule has 0 aliphatic carbocycles. The highest BCUT2D eigenvalue weighted by Gasteiger charge is 2.07.